The molecule has 0 radical (unpaired) electrons. The average Bonchev–Trinajstić information content (AvgIpc) is 2.63. The molecule has 6 heteroatoms. The summed E-state index contributed by atoms with van der Waals surface area (Å²) in [5.41, 5.74) is 0. The summed E-state index contributed by atoms with van der Waals surface area (Å²) in [6, 6.07) is 0. The highest BCUT2D eigenvalue weighted by Gasteiger charge is 2.44. The highest BCUT2D eigenvalue weighted by Crippen LogP contribution is 2.38. The fourth-order valence-electron chi connectivity index (χ4n) is 4.43. The van der Waals surface area contributed by atoms with Crippen LogP contribution in [0.5, 0.6) is 0 Å². The van der Waals surface area contributed by atoms with Crippen LogP contribution in [0.4, 0.5) is 0 Å². The molecule has 138 valence electrons. The molecular formula is C19H26O6. The summed E-state index contributed by atoms with van der Waals surface area (Å²) in [5, 5.41) is 0. The maximum atomic E-state index is 12.5. The van der Waals surface area contributed by atoms with Crippen LogP contribution in [0, 0.1) is 35.5 Å². The van der Waals surface area contributed by atoms with E-state index >= 15 is 0 Å². The van der Waals surface area contributed by atoms with Crippen LogP contribution in [0.2, 0.25) is 0 Å². The van der Waals surface area contributed by atoms with Gasteiger partial charge in [0.05, 0.1) is 38.1 Å². The Hall–Kier alpha value is -1.85. The second-order valence-corrected chi connectivity index (χ2v) is 7.38. The molecule has 2 aliphatic carbocycles. The zero-order valence-electron chi connectivity index (χ0n) is 14.8. The van der Waals surface area contributed by atoms with Gasteiger partial charge in [-0.25, -0.2) is 0 Å². The van der Waals surface area contributed by atoms with E-state index in [1.807, 2.05) is 19.1 Å². The van der Waals surface area contributed by atoms with E-state index in [4.69, 9.17) is 14.2 Å². The Morgan fingerprint density at radius 3 is 2.24 bits per heavy atom. The summed E-state index contributed by atoms with van der Waals surface area (Å²) >= 11 is 0. The van der Waals surface area contributed by atoms with Crippen molar-refractivity contribution in [3.63, 3.8) is 0 Å². The van der Waals surface area contributed by atoms with Crippen molar-refractivity contribution in [2.24, 2.45) is 35.5 Å². The summed E-state index contributed by atoms with van der Waals surface area (Å²) in [6.45, 7) is 2.30. The van der Waals surface area contributed by atoms with Crippen molar-refractivity contribution < 1.29 is 28.6 Å². The van der Waals surface area contributed by atoms with Gasteiger partial charge in [-0.15, -0.1) is 0 Å². The van der Waals surface area contributed by atoms with Gasteiger partial charge in [0, 0.05) is 11.8 Å². The largest absolute Gasteiger partial charge is 0.469 e. The van der Waals surface area contributed by atoms with Crippen molar-refractivity contribution in [2.45, 2.75) is 32.6 Å². The highest BCUT2D eigenvalue weighted by atomic mass is 16.5. The number of hydrogen-bond donors (Lipinski definition) is 0. The van der Waals surface area contributed by atoms with Crippen molar-refractivity contribution in [1.29, 1.82) is 0 Å². The zero-order chi connectivity index (χ0) is 18.0. The molecule has 1 saturated heterocycles. The molecule has 6 atom stereocenters. The standard InChI is InChI=1S/C19H26O6/c1-11-7-8-12-9-24-17(20)13-5-3-4-6-14(13)18(21)25-10-15(12)16(11)19(22)23-2/h7-8,11-16H,3-6,9-10H2,1-2H3/t11-,12-,13+,14+,15+,16+/m0/s1. The predicted molar refractivity (Wildman–Crippen MR) is 88.2 cm³/mol. The van der Waals surface area contributed by atoms with Crippen LogP contribution >= 0.6 is 0 Å². The maximum absolute atomic E-state index is 12.5. The minimum atomic E-state index is -0.425. The van der Waals surface area contributed by atoms with E-state index in [-0.39, 0.29) is 48.9 Å². The van der Waals surface area contributed by atoms with Gasteiger partial charge in [-0.3, -0.25) is 14.4 Å². The van der Waals surface area contributed by atoms with Crippen molar-refractivity contribution >= 4 is 17.9 Å². The van der Waals surface area contributed by atoms with E-state index in [0.717, 1.165) is 12.8 Å². The number of fused-ring (bicyclic) bond motifs is 2. The Bertz CT molecular complexity index is 568. The van der Waals surface area contributed by atoms with Crippen LogP contribution in [0.15, 0.2) is 12.2 Å². The minimum absolute atomic E-state index is 0.0199. The third-order valence-corrected chi connectivity index (χ3v) is 5.92. The van der Waals surface area contributed by atoms with Gasteiger partial charge in [-0.1, -0.05) is 31.9 Å². The summed E-state index contributed by atoms with van der Waals surface area (Å²) in [4.78, 5) is 37.3. The number of carbonyl (C=O) groups is 3. The number of rotatable bonds is 1. The van der Waals surface area contributed by atoms with Crippen LogP contribution in [-0.2, 0) is 28.6 Å². The van der Waals surface area contributed by atoms with E-state index < -0.39 is 17.8 Å². The molecule has 0 amide bonds. The third kappa shape index (κ3) is 3.58. The molecule has 0 aromatic heterocycles. The van der Waals surface area contributed by atoms with E-state index in [1.54, 1.807) is 0 Å². The number of allylic oxidation sites excluding steroid dienone is 1. The van der Waals surface area contributed by atoms with Gasteiger partial charge in [0.1, 0.15) is 0 Å². The number of hydrogen-bond acceptors (Lipinski definition) is 6. The highest BCUT2D eigenvalue weighted by molar-refractivity contribution is 5.82. The van der Waals surface area contributed by atoms with Crippen LogP contribution in [-0.4, -0.2) is 38.2 Å². The molecular weight excluding hydrogens is 324 g/mol. The molecule has 0 aromatic rings. The quantitative estimate of drug-likeness (QED) is 0.409. The van der Waals surface area contributed by atoms with Crippen molar-refractivity contribution in [3.05, 3.63) is 12.2 Å². The zero-order valence-corrected chi connectivity index (χ0v) is 14.8. The smallest absolute Gasteiger partial charge is 0.309 e. The molecule has 1 aliphatic heterocycles. The van der Waals surface area contributed by atoms with Gasteiger partial charge >= 0.3 is 17.9 Å². The lowest BCUT2D eigenvalue weighted by molar-refractivity contribution is -0.171. The van der Waals surface area contributed by atoms with Crippen LogP contribution < -0.4 is 0 Å². The molecule has 2 fully saturated rings. The number of methoxy groups -OCH3 is 1. The van der Waals surface area contributed by atoms with E-state index in [1.165, 1.54) is 7.11 Å². The Labute approximate surface area is 147 Å². The molecule has 25 heavy (non-hydrogen) atoms. The first-order valence-corrected chi connectivity index (χ1v) is 9.12. The van der Waals surface area contributed by atoms with Gasteiger partial charge in [0.25, 0.3) is 0 Å². The molecule has 0 spiro atoms. The Morgan fingerprint density at radius 2 is 1.64 bits per heavy atom. The number of esters is 3. The second kappa shape index (κ2) is 7.58. The maximum Gasteiger partial charge on any atom is 0.309 e. The second-order valence-electron chi connectivity index (χ2n) is 7.38. The number of cyclic esters (lactones) is 2. The Morgan fingerprint density at radius 1 is 1.04 bits per heavy atom. The van der Waals surface area contributed by atoms with Crippen molar-refractivity contribution in [2.75, 3.05) is 20.3 Å². The van der Waals surface area contributed by atoms with Gasteiger partial charge in [-0.2, -0.15) is 0 Å². The van der Waals surface area contributed by atoms with E-state index in [9.17, 15) is 14.4 Å². The van der Waals surface area contributed by atoms with Gasteiger partial charge in [-0.05, 0) is 18.8 Å². The van der Waals surface area contributed by atoms with E-state index in [2.05, 4.69) is 0 Å². The summed E-state index contributed by atoms with van der Waals surface area (Å²) in [7, 11) is 1.36. The number of ether oxygens (including phenoxy) is 3. The van der Waals surface area contributed by atoms with Gasteiger partial charge in [0.2, 0.25) is 0 Å². The lowest BCUT2D eigenvalue weighted by Gasteiger charge is -2.38. The molecule has 3 aliphatic rings. The fourth-order valence-corrected chi connectivity index (χ4v) is 4.43. The minimum Gasteiger partial charge on any atom is -0.469 e. The predicted octanol–water partition coefficient (Wildman–Crippen LogP) is 2.12. The topological polar surface area (TPSA) is 78.9 Å². The van der Waals surface area contributed by atoms with Crippen molar-refractivity contribution in [3.8, 4) is 0 Å². The molecule has 0 bridgehead atoms. The summed E-state index contributed by atoms with van der Waals surface area (Å²) in [6.07, 6.45) is 7.09. The van der Waals surface area contributed by atoms with Gasteiger partial charge < -0.3 is 14.2 Å². The summed E-state index contributed by atoms with van der Waals surface area (Å²) < 4.78 is 16.1. The van der Waals surface area contributed by atoms with Crippen LogP contribution in [0.1, 0.15) is 32.6 Å². The molecule has 1 heterocycles. The SMILES string of the molecule is COC(=O)[C@H]1[C@@H]2COC(=O)[C@@H]3CCCC[C@H]3C(=O)OC[C@@H]2C=C[C@@H]1C. The Balaban J connectivity index is 1.85. The normalized spacial score (nSPS) is 38.6. The molecule has 0 N–H and O–H groups in total. The molecule has 0 aromatic carbocycles. The molecule has 3 rings (SSSR count). The third-order valence-electron chi connectivity index (χ3n) is 5.92. The fraction of sp³-hybridized carbons (Fsp3) is 0.737. The average molecular weight is 350 g/mol. The molecule has 6 nitrogen and oxygen atoms in total. The first-order valence-electron chi connectivity index (χ1n) is 9.12. The van der Waals surface area contributed by atoms with Crippen LogP contribution in [0.3, 0.4) is 0 Å². The molecule has 1 saturated carbocycles. The summed E-state index contributed by atoms with van der Waals surface area (Å²) in [5.74, 6) is -2.63. The van der Waals surface area contributed by atoms with Gasteiger partial charge in [0.15, 0.2) is 0 Å². The Kier molecular flexibility index (Phi) is 5.45. The monoisotopic (exact) mass is 350 g/mol. The van der Waals surface area contributed by atoms with Crippen molar-refractivity contribution in [1.82, 2.24) is 0 Å². The van der Waals surface area contributed by atoms with E-state index in [0.29, 0.717) is 12.8 Å². The first-order chi connectivity index (χ1) is 12.0. The lowest BCUT2D eigenvalue weighted by atomic mass is 9.71. The van der Waals surface area contributed by atoms with Crippen LogP contribution in [0.25, 0.3) is 0 Å². The lowest BCUT2D eigenvalue weighted by Crippen LogP contribution is -2.44. The number of carbonyl (C=O) groups excluding carboxylic acids is 3. The molecule has 0 unspecified atom stereocenters. The first kappa shape index (κ1) is 18.0.